The van der Waals surface area contributed by atoms with Gasteiger partial charge in [-0.1, -0.05) is 152 Å². The number of phenolic OH excluding ortho intramolecular Hbond substituents is 1. The molecule has 1 saturated heterocycles. The zero-order chi connectivity index (χ0) is 34.7. The van der Waals surface area contributed by atoms with Crippen LogP contribution in [0.1, 0.15) is 22.3 Å². The van der Waals surface area contributed by atoms with Crippen LogP contribution < -0.4 is 4.74 Å². The molecule has 0 aliphatic carbocycles. The lowest BCUT2D eigenvalue weighted by Gasteiger charge is -2.45. The monoisotopic (exact) mass is 682 g/mol. The number of benzene rings is 6. The number of ether oxygens (including phenoxy) is 6. The quantitative estimate of drug-likeness (QED) is 0.116. The summed E-state index contributed by atoms with van der Waals surface area (Å²) in [6, 6.07) is 51.3. The van der Waals surface area contributed by atoms with Crippen molar-refractivity contribution in [1.29, 1.82) is 0 Å². The van der Waals surface area contributed by atoms with Gasteiger partial charge in [-0.15, -0.1) is 0 Å². The second-order valence-corrected chi connectivity index (χ2v) is 12.6. The fourth-order valence-corrected chi connectivity index (χ4v) is 6.31. The highest BCUT2D eigenvalue weighted by Gasteiger charge is 2.50. The molecule has 260 valence electrons. The number of hydrogen-bond acceptors (Lipinski definition) is 7. The fraction of sp³-hybridized carbons (Fsp3) is 0.227. The molecule has 1 N–H and O–H groups in total. The minimum atomic E-state index is -0.993. The molecule has 0 bridgehead atoms. The largest absolute Gasteiger partial charge is 0.504 e. The minimum Gasteiger partial charge on any atom is -0.504 e. The lowest BCUT2D eigenvalue weighted by Crippen LogP contribution is -2.62. The van der Waals surface area contributed by atoms with Crippen molar-refractivity contribution >= 4 is 10.8 Å². The maximum atomic E-state index is 11.1. The van der Waals surface area contributed by atoms with Crippen LogP contribution in [0, 0.1) is 0 Å². The zero-order valence-electron chi connectivity index (χ0n) is 28.3. The summed E-state index contributed by atoms with van der Waals surface area (Å²) in [5, 5.41) is 12.8. The molecule has 0 aromatic heterocycles. The van der Waals surface area contributed by atoms with E-state index in [-0.39, 0.29) is 19.0 Å². The maximum Gasteiger partial charge on any atom is 0.229 e. The topological polar surface area (TPSA) is 75.6 Å². The van der Waals surface area contributed by atoms with Crippen molar-refractivity contribution in [2.45, 2.75) is 57.1 Å². The van der Waals surface area contributed by atoms with Gasteiger partial charge in [-0.2, -0.15) is 0 Å². The van der Waals surface area contributed by atoms with E-state index < -0.39 is 30.7 Å². The van der Waals surface area contributed by atoms with Crippen LogP contribution in [0.3, 0.4) is 0 Å². The molecule has 1 aliphatic rings. The van der Waals surface area contributed by atoms with E-state index in [0.717, 1.165) is 33.0 Å². The Hall–Kier alpha value is -5.02. The van der Waals surface area contributed by atoms with E-state index in [1.165, 1.54) is 0 Å². The van der Waals surface area contributed by atoms with E-state index in [1.807, 2.05) is 152 Å². The molecule has 1 heterocycles. The van der Waals surface area contributed by atoms with Crippen LogP contribution >= 0.6 is 0 Å². The molecule has 0 radical (unpaired) electrons. The molecule has 5 atom stereocenters. The Morgan fingerprint density at radius 2 is 0.941 bits per heavy atom. The second-order valence-electron chi connectivity index (χ2n) is 12.6. The lowest BCUT2D eigenvalue weighted by molar-refractivity contribution is -0.310. The number of fused-ring (bicyclic) bond motifs is 1. The Kier molecular flexibility index (Phi) is 11.7. The van der Waals surface area contributed by atoms with Crippen LogP contribution in [0.2, 0.25) is 0 Å². The summed E-state index contributed by atoms with van der Waals surface area (Å²) in [6.07, 6.45) is -3.63. The van der Waals surface area contributed by atoms with Gasteiger partial charge < -0.3 is 33.5 Å². The van der Waals surface area contributed by atoms with Crippen LogP contribution in [-0.2, 0) is 50.1 Å². The normalized spacial score (nSPS) is 20.3. The Balaban J connectivity index is 1.25. The maximum absolute atomic E-state index is 11.1. The van der Waals surface area contributed by atoms with Gasteiger partial charge in [0.15, 0.2) is 11.5 Å². The van der Waals surface area contributed by atoms with Gasteiger partial charge in [-0.3, -0.25) is 0 Å². The van der Waals surface area contributed by atoms with Gasteiger partial charge in [-0.25, -0.2) is 0 Å². The molecule has 0 saturated carbocycles. The summed E-state index contributed by atoms with van der Waals surface area (Å²) in [5.41, 5.74) is 4.06. The smallest absolute Gasteiger partial charge is 0.229 e. The van der Waals surface area contributed by atoms with Gasteiger partial charge in [0.05, 0.1) is 33.0 Å². The third-order valence-electron chi connectivity index (χ3n) is 8.93. The molecule has 6 aromatic carbocycles. The third-order valence-corrected chi connectivity index (χ3v) is 8.93. The first-order chi connectivity index (χ1) is 25.2. The molecule has 51 heavy (non-hydrogen) atoms. The summed E-state index contributed by atoms with van der Waals surface area (Å²) in [5.74, 6) is 0.307. The van der Waals surface area contributed by atoms with Gasteiger partial charge in [0.2, 0.25) is 6.29 Å². The summed E-state index contributed by atoms with van der Waals surface area (Å²) >= 11 is 0. The van der Waals surface area contributed by atoms with E-state index in [9.17, 15) is 5.11 Å². The standard InChI is InChI=1S/C44H42O7/c45-38-26-25-36-23-13-14-24-37(36)40(38)51-44-43(49-30-35-21-11-4-12-22-35)42(48-29-34-19-9-3-10-20-34)41(47-28-33-17-7-2-8-18-33)39(50-44)31-46-27-32-15-5-1-6-16-32/h1-26,39,41-45H,27-31H2/t39-,41-,42+,43+,44-/m1/s1. The van der Waals surface area contributed by atoms with E-state index in [0.29, 0.717) is 25.6 Å². The highest BCUT2D eigenvalue weighted by molar-refractivity contribution is 5.90. The first-order valence-corrected chi connectivity index (χ1v) is 17.3. The minimum absolute atomic E-state index is 0.000178. The lowest BCUT2D eigenvalue weighted by atomic mass is 9.97. The van der Waals surface area contributed by atoms with Gasteiger partial charge in [-0.05, 0) is 33.7 Å². The number of hydrogen-bond donors (Lipinski definition) is 1. The van der Waals surface area contributed by atoms with Gasteiger partial charge in [0.1, 0.15) is 24.4 Å². The summed E-state index contributed by atoms with van der Waals surface area (Å²) in [7, 11) is 0. The number of rotatable bonds is 15. The van der Waals surface area contributed by atoms with E-state index in [1.54, 1.807) is 6.07 Å². The second kappa shape index (κ2) is 17.3. The van der Waals surface area contributed by atoms with Crippen LogP contribution in [0.15, 0.2) is 158 Å². The Morgan fingerprint density at radius 3 is 1.51 bits per heavy atom. The first-order valence-electron chi connectivity index (χ1n) is 17.3. The summed E-state index contributed by atoms with van der Waals surface area (Å²) in [6.45, 7) is 1.52. The molecule has 7 rings (SSSR count). The van der Waals surface area contributed by atoms with E-state index in [2.05, 4.69) is 0 Å². The van der Waals surface area contributed by atoms with Crippen molar-refractivity contribution in [2.75, 3.05) is 6.61 Å². The van der Waals surface area contributed by atoms with E-state index in [4.69, 9.17) is 28.4 Å². The Bertz CT molecular complexity index is 1920. The van der Waals surface area contributed by atoms with Crippen LogP contribution in [0.5, 0.6) is 11.5 Å². The molecule has 7 nitrogen and oxygen atoms in total. The molecule has 6 aromatic rings. The summed E-state index contributed by atoms with van der Waals surface area (Å²) in [4.78, 5) is 0. The predicted molar refractivity (Wildman–Crippen MR) is 196 cm³/mol. The molecule has 0 spiro atoms. The molecule has 1 aliphatic heterocycles. The number of aromatic hydroxyl groups is 1. The van der Waals surface area contributed by atoms with Crippen molar-refractivity contribution in [3.63, 3.8) is 0 Å². The Labute approximate surface area is 298 Å². The van der Waals surface area contributed by atoms with Crippen LogP contribution in [0.25, 0.3) is 10.8 Å². The first kappa shape index (κ1) is 34.4. The fourth-order valence-electron chi connectivity index (χ4n) is 6.31. The predicted octanol–water partition coefficient (Wildman–Crippen LogP) is 8.62. The van der Waals surface area contributed by atoms with Gasteiger partial charge in [0, 0.05) is 5.39 Å². The molecular formula is C44H42O7. The Morgan fingerprint density at radius 1 is 0.471 bits per heavy atom. The van der Waals surface area contributed by atoms with E-state index >= 15 is 0 Å². The SMILES string of the molecule is Oc1ccc2ccccc2c1O[C@H]1O[C@H](COCc2ccccc2)[C@@H](OCc2ccccc2)[C@H](OCc2ccccc2)[C@@H]1OCc1ccccc1. The molecule has 1 fully saturated rings. The van der Waals surface area contributed by atoms with Crippen molar-refractivity contribution in [3.8, 4) is 11.5 Å². The van der Waals surface area contributed by atoms with Gasteiger partial charge in [0.25, 0.3) is 0 Å². The summed E-state index contributed by atoms with van der Waals surface area (Å²) < 4.78 is 40.1. The average molecular weight is 683 g/mol. The molecular weight excluding hydrogens is 640 g/mol. The zero-order valence-corrected chi connectivity index (χ0v) is 28.3. The molecule has 0 amide bonds. The van der Waals surface area contributed by atoms with Crippen molar-refractivity contribution in [1.82, 2.24) is 0 Å². The van der Waals surface area contributed by atoms with Gasteiger partial charge >= 0.3 is 0 Å². The number of phenols is 1. The van der Waals surface area contributed by atoms with Crippen LogP contribution in [0.4, 0.5) is 0 Å². The average Bonchev–Trinajstić information content (AvgIpc) is 3.19. The van der Waals surface area contributed by atoms with Crippen molar-refractivity contribution in [3.05, 3.63) is 180 Å². The third kappa shape index (κ3) is 9.02. The van der Waals surface area contributed by atoms with Crippen molar-refractivity contribution < 1.29 is 33.5 Å². The van der Waals surface area contributed by atoms with Crippen molar-refractivity contribution in [2.24, 2.45) is 0 Å². The molecule has 7 heteroatoms. The highest BCUT2D eigenvalue weighted by atomic mass is 16.7. The highest BCUT2D eigenvalue weighted by Crippen LogP contribution is 2.39. The van der Waals surface area contributed by atoms with Crippen LogP contribution in [-0.4, -0.2) is 42.4 Å². The molecule has 0 unspecified atom stereocenters.